The van der Waals surface area contributed by atoms with Gasteiger partial charge in [-0.2, -0.15) is 0 Å². The van der Waals surface area contributed by atoms with Gasteiger partial charge in [-0.1, -0.05) is 12.8 Å². The first-order valence-electron chi connectivity index (χ1n) is 4.62. The van der Waals surface area contributed by atoms with Crippen molar-refractivity contribution in [3.05, 3.63) is 0 Å². The highest BCUT2D eigenvalue weighted by molar-refractivity contribution is 5.78. The van der Waals surface area contributed by atoms with Gasteiger partial charge >= 0.3 is 0 Å². The zero-order chi connectivity index (χ0) is 9.03. The normalized spacial score (nSPS) is 20.8. The van der Waals surface area contributed by atoms with Crippen molar-refractivity contribution in [3.8, 4) is 0 Å². The van der Waals surface area contributed by atoms with E-state index in [9.17, 15) is 4.79 Å². The minimum Gasteiger partial charge on any atom is -0.350 e. The number of likely N-dealkylation sites (N-methyl/N-ethyl adjacent to an activating group) is 1. The Hall–Kier alpha value is -0.570. The van der Waals surface area contributed by atoms with Gasteiger partial charge in [-0.3, -0.25) is 4.79 Å². The molecular formula is C9H18N2O. The topological polar surface area (TPSA) is 41.1 Å². The highest BCUT2D eigenvalue weighted by Crippen LogP contribution is 2.28. The molecule has 0 unspecified atom stereocenters. The van der Waals surface area contributed by atoms with Crippen molar-refractivity contribution >= 4 is 5.91 Å². The number of hydrogen-bond donors (Lipinski definition) is 2. The lowest BCUT2D eigenvalue weighted by Crippen LogP contribution is -2.46. The van der Waals surface area contributed by atoms with E-state index >= 15 is 0 Å². The Morgan fingerprint density at radius 3 is 2.50 bits per heavy atom. The third-order valence-electron chi connectivity index (χ3n) is 2.49. The summed E-state index contributed by atoms with van der Waals surface area (Å²) in [6.45, 7) is 2.56. The molecule has 0 aromatic heterocycles. The van der Waals surface area contributed by atoms with Crippen molar-refractivity contribution < 1.29 is 4.79 Å². The summed E-state index contributed by atoms with van der Waals surface area (Å²) in [4.78, 5) is 11.2. The van der Waals surface area contributed by atoms with Gasteiger partial charge < -0.3 is 10.6 Å². The minimum absolute atomic E-state index is 0.0773. The van der Waals surface area contributed by atoms with Gasteiger partial charge in [0.1, 0.15) is 0 Å². The Labute approximate surface area is 73.9 Å². The van der Waals surface area contributed by atoms with E-state index in [1.54, 1.807) is 7.05 Å². The summed E-state index contributed by atoms with van der Waals surface area (Å²) < 4.78 is 0. The molecule has 0 radical (unpaired) electrons. The summed E-state index contributed by atoms with van der Waals surface area (Å²) in [5.41, 5.74) is 0.0773. The molecule has 1 aliphatic rings. The molecule has 3 heteroatoms. The number of carbonyl (C=O) groups excluding carboxylic acids is 1. The standard InChI is InChI=1S/C9H18N2O/c1-9(5-3-4-6-9)11-8(12)7-10-2/h10H,3-7H2,1-2H3,(H,11,12). The molecule has 0 aromatic rings. The molecule has 3 nitrogen and oxygen atoms in total. The van der Waals surface area contributed by atoms with E-state index in [2.05, 4.69) is 17.6 Å². The lowest BCUT2D eigenvalue weighted by atomic mass is 10.0. The Kier molecular flexibility index (Phi) is 3.09. The Balaban J connectivity index is 2.33. The summed E-state index contributed by atoms with van der Waals surface area (Å²) in [7, 11) is 1.79. The Morgan fingerprint density at radius 2 is 2.00 bits per heavy atom. The van der Waals surface area contributed by atoms with Crippen LogP contribution in [0.3, 0.4) is 0 Å². The second kappa shape index (κ2) is 3.90. The molecule has 0 atom stereocenters. The van der Waals surface area contributed by atoms with Gasteiger partial charge in [0.2, 0.25) is 5.91 Å². The maximum atomic E-state index is 11.2. The third kappa shape index (κ3) is 2.48. The van der Waals surface area contributed by atoms with Crippen LogP contribution in [0.5, 0.6) is 0 Å². The Morgan fingerprint density at radius 1 is 1.42 bits per heavy atom. The van der Waals surface area contributed by atoms with Crippen LogP contribution in [0.15, 0.2) is 0 Å². The number of rotatable bonds is 3. The number of carbonyl (C=O) groups is 1. The van der Waals surface area contributed by atoms with E-state index in [4.69, 9.17) is 0 Å². The summed E-state index contributed by atoms with van der Waals surface area (Å²) in [6, 6.07) is 0. The van der Waals surface area contributed by atoms with Gasteiger partial charge in [0.15, 0.2) is 0 Å². The van der Waals surface area contributed by atoms with E-state index in [1.165, 1.54) is 12.8 Å². The molecule has 0 aromatic carbocycles. The first-order chi connectivity index (χ1) is 5.66. The van der Waals surface area contributed by atoms with Gasteiger partial charge in [0.05, 0.1) is 6.54 Å². The first kappa shape index (κ1) is 9.52. The zero-order valence-corrected chi connectivity index (χ0v) is 7.94. The molecular weight excluding hydrogens is 152 g/mol. The molecule has 1 fully saturated rings. The monoisotopic (exact) mass is 170 g/mol. The van der Waals surface area contributed by atoms with Crippen LogP contribution >= 0.6 is 0 Å². The molecule has 1 amide bonds. The fourth-order valence-electron chi connectivity index (χ4n) is 1.82. The summed E-state index contributed by atoms with van der Waals surface area (Å²) >= 11 is 0. The first-order valence-corrected chi connectivity index (χ1v) is 4.62. The van der Waals surface area contributed by atoms with Crippen molar-refractivity contribution in [2.45, 2.75) is 38.1 Å². The van der Waals surface area contributed by atoms with Crippen LogP contribution in [0.25, 0.3) is 0 Å². The van der Waals surface area contributed by atoms with E-state index in [-0.39, 0.29) is 11.4 Å². The van der Waals surface area contributed by atoms with Crippen LogP contribution in [-0.2, 0) is 4.79 Å². The van der Waals surface area contributed by atoms with Crippen molar-refractivity contribution in [1.82, 2.24) is 10.6 Å². The maximum absolute atomic E-state index is 11.2. The molecule has 1 rings (SSSR count). The van der Waals surface area contributed by atoms with Crippen LogP contribution in [0, 0.1) is 0 Å². The molecule has 0 bridgehead atoms. The predicted molar refractivity (Wildman–Crippen MR) is 48.9 cm³/mol. The van der Waals surface area contributed by atoms with Gasteiger partial charge in [0, 0.05) is 5.54 Å². The average molecular weight is 170 g/mol. The van der Waals surface area contributed by atoms with E-state index in [1.807, 2.05) is 0 Å². The Bertz CT molecular complexity index is 162. The fraction of sp³-hybridized carbons (Fsp3) is 0.889. The molecule has 0 aliphatic heterocycles. The molecule has 0 heterocycles. The minimum atomic E-state index is 0.0773. The zero-order valence-electron chi connectivity index (χ0n) is 7.94. The number of nitrogens with one attached hydrogen (secondary N) is 2. The van der Waals surface area contributed by atoms with E-state index in [0.717, 1.165) is 12.8 Å². The SMILES string of the molecule is CNCC(=O)NC1(C)CCCC1. The van der Waals surface area contributed by atoms with Crippen molar-refractivity contribution in [2.24, 2.45) is 0 Å². The smallest absolute Gasteiger partial charge is 0.234 e. The van der Waals surface area contributed by atoms with Gasteiger partial charge in [-0.05, 0) is 26.8 Å². The molecule has 1 aliphatic carbocycles. The lowest BCUT2D eigenvalue weighted by molar-refractivity contribution is -0.121. The van der Waals surface area contributed by atoms with E-state index < -0.39 is 0 Å². The molecule has 1 saturated carbocycles. The van der Waals surface area contributed by atoms with Gasteiger partial charge in [-0.25, -0.2) is 0 Å². The summed E-state index contributed by atoms with van der Waals surface area (Å²) in [6.07, 6.45) is 4.75. The quantitative estimate of drug-likeness (QED) is 0.653. The predicted octanol–water partition coefficient (Wildman–Crippen LogP) is 0.655. The van der Waals surface area contributed by atoms with Crippen molar-refractivity contribution in [3.63, 3.8) is 0 Å². The molecule has 12 heavy (non-hydrogen) atoms. The summed E-state index contributed by atoms with van der Waals surface area (Å²) in [5.74, 6) is 0.113. The van der Waals surface area contributed by atoms with Crippen molar-refractivity contribution in [2.75, 3.05) is 13.6 Å². The van der Waals surface area contributed by atoms with Gasteiger partial charge in [-0.15, -0.1) is 0 Å². The highest BCUT2D eigenvalue weighted by atomic mass is 16.2. The molecule has 0 spiro atoms. The second-order valence-corrected chi connectivity index (χ2v) is 3.85. The fourth-order valence-corrected chi connectivity index (χ4v) is 1.82. The summed E-state index contributed by atoms with van der Waals surface area (Å²) in [5, 5.41) is 5.90. The third-order valence-corrected chi connectivity index (χ3v) is 2.49. The maximum Gasteiger partial charge on any atom is 0.234 e. The van der Waals surface area contributed by atoms with E-state index in [0.29, 0.717) is 6.54 Å². The number of hydrogen-bond acceptors (Lipinski definition) is 2. The van der Waals surface area contributed by atoms with Crippen LogP contribution in [0.2, 0.25) is 0 Å². The van der Waals surface area contributed by atoms with Crippen LogP contribution in [0.4, 0.5) is 0 Å². The van der Waals surface area contributed by atoms with Crippen LogP contribution < -0.4 is 10.6 Å². The van der Waals surface area contributed by atoms with Crippen LogP contribution in [0.1, 0.15) is 32.6 Å². The van der Waals surface area contributed by atoms with Crippen molar-refractivity contribution in [1.29, 1.82) is 0 Å². The highest BCUT2D eigenvalue weighted by Gasteiger charge is 2.29. The lowest BCUT2D eigenvalue weighted by Gasteiger charge is -2.25. The number of amides is 1. The molecule has 0 saturated heterocycles. The van der Waals surface area contributed by atoms with Crippen LogP contribution in [-0.4, -0.2) is 25.0 Å². The molecule has 2 N–H and O–H groups in total. The largest absolute Gasteiger partial charge is 0.350 e. The molecule has 70 valence electrons. The van der Waals surface area contributed by atoms with Gasteiger partial charge in [0.25, 0.3) is 0 Å². The second-order valence-electron chi connectivity index (χ2n) is 3.85. The average Bonchev–Trinajstić information content (AvgIpc) is 2.36.